The Hall–Kier alpha value is -1.82. The second-order valence-electron chi connectivity index (χ2n) is 6.40. The second-order valence-corrected chi connectivity index (χ2v) is 7.34. The van der Waals surface area contributed by atoms with E-state index < -0.39 is 0 Å². The highest BCUT2D eigenvalue weighted by Crippen LogP contribution is 2.27. The van der Waals surface area contributed by atoms with Crippen molar-refractivity contribution < 1.29 is 9.18 Å². The molecule has 0 bridgehead atoms. The summed E-state index contributed by atoms with van der Waals surface area (Å²) in [6.07, 6.45) is 5.19. The van der Waals surface area contributed by atoms with Gasteiger partial charge in [0.2, 0.25) is 5.91 Å². The molecule has 1 atom stereocenters. The van der Waals surface area contributed by atoms with Gasteiger partial charge in [0, 0.05) is 19.1 Å². The van der Waals surface area contributed by atoms with Crippen molar-refractivity contribution in [1.82, 2.24) is 14.5 Å². The fourth-order valence-electron chi connectivity index (χ4n) is 3.31. The number of piperidine rings is 1. The summed E-state index contributed by atoms with van der Waals surface area (Å²) in [5.41, 5.74) is 1.88. The first-order valence-electron chi connectivity index (χ1n) is 8.84. The lowest BCUT2D eigenvalue weighted by Crippen LogP contribution is -2.42. The molecule has 1 saturated heterocycles. The highest BCUT2D eigenvalue weighted by atomic mass is 32.2. The van der Waals surface area contributed by atoms with Gasteiger partial charge in [-0.15, -0.1) is 0 Å². The molecule has 3 rings (SSSR count). The lowest BCUT2D eigenvalue weighted by molar-refractivity contribution is -0.131. The van der Waals surface area contributed by atoms with Crippen molar-refractivity contribution in [2.75, 3.05) is 12.3 Å². The summed E-state index contributed by atoms with van der Waals surface area (Å²) in [7, 11) is 0. The van der Waals surface area contributed by atoms with Crippen molar-refractivity contribution in [1.29, 1.82) is 0 Å². The Morgan fingerprint density at radius 3 is 2.76 bits per heavy atom. The third-order valence-electron chi connectivity index (χ3n) is 4.72. The number of aromatic nitrogens is 2. The number of nitrogens with zero attached hydrogens (tertiary/aromatic N) is 3. The minimum Gasteiger partial charge on any atom is -0.339 e. The van der Waals surface area contributed by atoms with Crippen LogP contribution in [0.15, 0.2) is 35.6 Å². The van der Waals surface area contributed by atoms with Gasteiger partial charge in [-0.3, -0.25) is 4.79 Å². The lowest BCUT2D eigenvalue weighted by Gasteiger charge is -2.33. The molecule has 1 aromatic heterocycles. The number of rotatable bonds is 5. The summed E-state index contributed by atoms with van der Waals surface area (Å²) in [4.78, 5) is 19.0. The Morgan fingerprint density at radius 2 is 2.08 bits per heavy atom. The maximum Gasteiger partial charge on any atom is 0.233 e. The Kier molecular flexibility index (Phi) is 5.78. The highest BCUT2D eigenvalue weighted by Gasteiger charge is 2.23. The van der Waals surface area contributed by atoms with E-state index in [4.69, 9.17) is 0 Å². The average molecular weight is 361 g/mol. The van der Waals surface area contributed by atoms with E-state index in [1.54, 1.807) is 18.3 Å². The summed E-state index contributed by atoms with van der Waals surface area (Å²) >= 11 is 1.48. The third kappa shape index (κ3) is 4.06. The number of likely N-dealkylation sites (tertiary alicyclic amines) is 1. The first-order chi connectivity index (χ1) is 12.1. The van der Waals surface area contributed by atoms with Gasteiger partial charge < -0.3 is 9.47 Å². The maximum atomic E-state index is 13.1. The van der Waals surface area contributed by atoms with Crippen molar-refractivity contribution in [2.45, 2.75) is 50.9 Å². The number of halogens is 1. The van der Waals surface area contributed by atoms with Gasteiger partial charge in [-0.2, -0.15) is 0 Å². The van der Waals surface area contributed by atoms with Crippen LogP contribution in [0.4, 0.5) is 4.39 Å². The van der Waals surface area contributed by atoms with Gasteiger partial charge in [-0.05, 0) is 62.9 Å². The predicted octanol–water partition coefficient (Wildman–Crippen LogP) is 4.20. The molecule has 2 aromatic rings. The van der Waals surface area contributed by atoms with Crippen LogP contribution in [0.5, 0.6) is 0 Å². The van der Waals surface area contributed by atoms with E-state index in [0.29, 0.717) is 11.8 Å². The van der Waals surface area contributed by atoms with E-state index in [0.717, 1.165) is 42.3 Å². The van der Waals surface area contributed by atoms with Crippen molar-refractivity contribution in [3.63, 3.8) is 0 Å². The SMILES string of the molecule is CCn1c(-c2ccc(F)cc2)cnc1SCC(=O)N1CCCCC1C. The number of benzene rings is 1. The van der Waals surface area contributed by atoms with Crippen molar-refractivity contribution in [3.05, 3.63) is 36.3 Å². The summed E-state index contributed by atoms with van der Waals surface area (Å²) < 4.78 is 15.2. The molecule has 6 heteroatoms. The van der Waals surface area contributed by atoms with Crippen LogP contribution < -0.4 is 0 Å². The fraction of sp³-hybridized carbons (Fsp3) is 0.474. The first kappa shape index (κ1) is 18.0. The third-order valence-corrected chi connectivity index (χ3v) is 5.70. The van der Waals surface area contributed by atoms with Gasteiger partial charge in [0.25, 0.3) is 0 Å². The molecule has 1 aromatic carbocycles. The molecule has 134 valence electrons. The molecular weight excluding hydrogens is 337 g/mol. The molecule has 0 radical (unpaired) electrons. The van der Waals surface area contributed by atoms with Gasteiger partial charge in [0.1, 0.15) is 5.82 Å². The molecule has 2 heterocycles. The van der Waals surface area contributed by atoms with E-state index in [1.165, 1.54) is 30.3 Å². The Balaban J connectivity index is 1.70. The van der Waals surface area contributed by atoms with E-state index in [-0.39, 0.29) is 11.7 Å². The highest BCUT2D eigenvalue weighted by molar-refractivity contribution is 7.99. The topological polar surface area (TPSA) is 38.1 Å². The summed E-state index contributed by atoms with van der Waals surface area (Å²) in [6, 6.07) is 6.76. The number of thioether (sulfide) groups is 1. The number of imidazole rings is 1. The Morgan fingerprint density at radius 1 is 1.32 bits per heavy atom. The first-order valence-corrected chi connectivity index (χ1v) is 9.82. The van der Waals surface area contributed by atoms with E-state index >= 15 is 0 Å². The average Bonchev–Trinajstić information content (AvgIpc) is 3.03. The molecule has 1 unspecified atom stereocenters. The molecule has 1 fully saturated rings. The monoisotopic (exact) mass is 361 g/mol. The number of hydrogen-bond acceptors (Lipinski definition) is 3. The van der Waals surface area contributed by atoms with E-state index in [9.17, 15) is 9.18 Å². The van der Waals surface area contributed by atoms with Crippen LogP contribution in [-0.2, 0) is 11.3 Å². The van der Waals surface area contributed by atoms with Crippen LogP contribution in [0.1, 0.15) is 33.1 Å². The van der Waals surface area contributed by atoms with Crippen molar-refractivity contribution >= 4 is 17.7 Å². The van der Waals surface area contributed by atoms with Crippen molar-refractivity contribution in [2.24, 2.45) is 0 Å². The Bertz CT molecular complexity index is 729. The van der Waals surface area contributed by atoms with Crippen LogP contribution in [0.3, 0.4) is 0 Å². The molecule has 1 aliphatic heterocycles. The van der Waals surface area contributed by atoms with Crippen LogP contribution in [0, 0.1) is 5.82 Å². The minimum atomic E-state index is -0.248. The molecule has 0 aliphatic carbocycles. The molecule has 4 nitrogen and oxygen atoms in total. The standard InChI is InChI=1S/C19H24FN3OS/c1-3-22-17(15-7-9-16(20)10-8-15)12-21-19(22)25-13-18(24)23-11-5-4-6-14(23)2/h7-10,12,14H,3-6,11,13H2,1-2H3. The van der Waals surface area contributed by atoms with Gasteiger partial charge in [0.05, 0.1) is 17.6 Å². The minimum absolute atomic E-state index is 0.186. The molecular formula is C19H24FN3OS. The predicted molar refractivity (Wildman–Crippen MR) is 99.0 cm³/mol. The quantitative estimate of drug-likeness (QED) is 0.749. The van der Waals surface area contributed by atoms with Gasteiger partial charge in [-0.25, -0.2) is 9.37 Å². The van der Waals surface area contributed by atoms with Crippen LogP contribution in [0.2, 0.25) is 0 Å². The van der Waals surface area contributed by atoms with Gasteiger partial charge >= 0.3 is 0 Å². The summed E-state index contributed by atoms with van der Waals surface area (Å²) in [6.45, 7) is 5.79. The maximum absolute atomic E-state index is 13.1. The van der Waals surface area contributed by atoms with Gasteiger partial charge in [0.15, 0.2) is 5.16 Å². The number of amides is 1. The molecule has 0 spiro atoms. The zero-order chi connectivity index (χ0) is 17.8. The van der Waals surface area contributed by atoms with Gasteiger partial charge in [-0.1, -0.05) is 11.8 Å². The Labute approximate surface area is 152 Å². The molecule has 0 saturated carbocycles. The van der Waals surface area contributed by atoms with E-state index in [2.05, 4.69) is 16.5 Å². The van der Waals surface area contributed by atoms with Crippen LogP contribution >= 0.6 is 11.8 Å². The normalized spacial score (nSPS) is 17.7. The second kappa shape index (κ2) is 8.04. The summed E-state index contributed by atoms with van der Waals surface area (Å²) in [5.74, 6) is 0.345. The van der Waals surface area contributed by atoms with E-state index in [1.807, 2.05) is 11.8 Å². The fourth-order valence-corrected chi connectivity index (χ4v) is 4.24. The zero-order valence-electron chi connectivity index (χ0n) is 14.7. The zero-order valence-corrected chi connectivity index (χ0v) is 15.6. The largest absolute Gasteiger partial charge is 0.339 e. The molecule has 1 aliphatic rings. The molecule has 1 amide bonds. The lowest BCUT2D eigenvalue weighted by atomic mass is 10.0. The smallest absolute Gasteiger partial charge is 0.233 e. The number of carbonyl (C=O) groups is 1. The summed E-state index contributed by atoms with van der Waals surface area (Å²) in [5, 5.41) is 0.833. The van der Waals surface area contributed by atoms with Crippen LogP contribution in [0.25, 0.3) is 11.3 Å². The molecule has 0 N–H and O–H groups in total. The van der Waals surface area contributed by atoms with Crippen molar-refractivity contribution in [3.8, 4) is 11.3 Å². The molecule has 25 heavy (non-hydrogen) atoms. The number of hydrogen-bond donors (Lipinski definition) is 0. The van der Waals surface area contributed by atoms with Crippen LogP contribution in [-0.4, -0.2) is 38.7 Å². The number of carbonyl (C=O) groups excluding carboxylic acids is 1.